The maximum Gasteiger partial charge on any atom is 0.0487 e. The second-order valence-electron chi connectivity index (χ2n) is 8.39. The average Bonchev–Trinajstić information content (AvgIpc) is 2.37. The summed E-state index contributed by atoms with van der Waals surface area (Å²) >= 11 is 2.66. The van der Waals surface area contributed by atoms with E-state index in [9.17, 15) is 5.11 Å². The molecule has 3 aliphatic carbocycles. The van der Waals surface area contributed by atoms with Crippen LogP contribution in [-0.4, -0.2) is 15.1 Å². The molecule has 1 nitrogen and oxygen atoms in total. The molecule has 0 aromatic heterocycles. The van der Waals surface area contributed by atoms with Gasteiger partial charge in [-0.1, -0.05) is 61.4 Å². The summed E-state index contributed by atoms with van der Waals surface area (Å²) < 4.78 is 0.462. The molecule has 2 fully saturated rings. The van der Waals surface area contributed by atoms with E-state index in [2.05, 4.69) is 49.4 Å². The van der Waals surface area contributed by atoms with Crippen LogP contribution in [0.2, 0.25) is 0 Å². The Balaban J connectivity index is 1.97. The van der Waals surface area contributed by atoms with Crippen molar-refractivity contribution in [2.75, 3.05) is 6.61 Å². The monoisotopic (exact) mass is 388 g/mol. The molecule has 0 aromatic carbocycles. The topological polar surface area (TPSA) is 20.2 Å². The summed E-state index contributed by atoms with van der Waals surface area (Å²) in [7, 11) is 0. The zero-order valence-corrected chi connectivity index (χ0v) is 15.4. The Bertz CT molecular complexity index is 427. The second kappa shape index (κ2) is 4.97. The fraction of sp³-hybridized carbons (Fsp3) is 0.889. The average molecular weight is 388 g/mol. The van der Waals surface area contributed by atoms with E-state index in [1.165, 1.54) is 44.9 Å². The predicted molar refractivity (Wildman–Crippen MR) is 93.1 cm³/mol. The smallest absolute Gasteiger partial charge is 0.0487 e. The van der Waals surface area contributed by atoms with Gasteiger partial charge in [0.1, 0.15) is 0 Å². The molecule has 0 aromatic rings. The van der Waals surface area contributed by atoms with Crippen LogP contribution in [0.5, 0.6) is 0 Å². The van der Waals surface area contributed by atoms with E-state index in [1.807, 2.05) is 0 Å². The number of hydrogen-bond donors (Lipinski definition) is 1. The third kappa shape index (κ3) is 2.29. The van der Waals surface area contributed by atoms with Gasteiger partial charge in [-0.3, -0.25) is 0 Å². The third-order valence-corrected chi connectivity index (χ3v) is 7.62. The molecule has 0 heterocycles. The van der Waals surface area contributed by atoms with Crippen molar-refractivity contribution in [3.8, 4) is 0 Å². The van der Waals surface area contributed by atoms with E-state index in [0.717, 1.165) is 5.92 Å². The minimum Gasteiger partial charge on any atom is -0.396 e. The summed E-state index contributed by atoms with van der Waals surface area (Å²) in [5.41, 5.74) is 2.29. The van der Waals surface area contributed by atoms with Gasteiger partial charge in [-0.15, -0.1) is 0 Å². The number of aliphatic hydroxyl groups is 1. The van der Waals surface area contributed by atoms with E-state index in [1.54, 1.807) is 5.57 Å². The maximum absolute atomic E-state index is 9.96. The van der Waals surface area contributed by atoms with Crippen molar-refractivity contribution in [3.05, 3.63) is 11.6 Å². The third-order valence-electron chi connectivity index (χ3n) is 6.74. The molecule has 20 heavy (non-hydrogen) atoms. The van der Waals surface area contributed by atoms with E-state index < -0.39 is 0 Å². The van der Waals surface area contributed by atoms with Gasteiger partial charge in [0.25, 0.3) is 0 Å². The van der Waals surface area contributed by atoms with Gasteiger partial charge in [0.15, 0.2) is 0 Å². The predicted octanol–water partition coefficient (Wildman–Crippen LogP) is 5.12. The normalized spacial score (nSPS) is 52.0. The molecule has 3 rings (SSSR count). The van der Waals surface area contributed by atoms with Gasteiger partial charge in [-0.2, -0.15) is 0 Å². The van der Waals surface area contributed by atoms with Crippen LogP contribution in [-0.2, 0) is 0 Å². The van der Waals surface area contributed by atoms with Crippen LogP contribution in [0.3, 0.4) is 0 Å². The molecular weight excluding hydrogens is 359 g/mol. The number of alkyl halides is 1. The minimum atomic E-state index is 0.157. The first-order valence-electron chi connectivity index (χ1n) is 8.31. The summed E-state index contributed by atoms with van der Waals surface area (Å²) in [5.74, 6) is 1.50. The van der Waals surface area contributed by atoms with Gasteiger partial charge >= 0.3 is 0 Å². The fourth-order valence-electron chi connectivity index (χ4n) is 5.70. The maximum atomic E-state index is 9.96. The molecule has 0 spiro atoms. The Morgan fingerprint density at radius 3 is 2.70 bits per heavy atom. The number of halogens is 1. The van der Waals surface area contributed by atoms with Crippen molar-refractivity contribution in [2.24, 2.45) is 22.7 Å². The van der Waals surface area contributed by atoms with Crippen LogP contribution in [0.15, 0.2) is 11.6 Å². The lowest BCUT2D eigenvalue weighted by atomic mass is 9.47. The molecule has 1 N–H and O–H groups in total. The molecule has 0 saturated heterocycles. The highest BCUT2D eigenvalue weighted by Crippen LogP contribution is 2.63. The highest BCUT2D eigenvalue weighted by atomic mass is 127. The first kappa shape index (κ1) is 15.3. The minimum absolute atomic E-state index is 0.157. The van der Waals surface area contributed by atoms with Crippen molar-refractivity contribution >= 4 is 22.6 Å². The van der Waals surface area contributed by atoms with Gasteiger partial charge in [0.05, 0.1) is 0 Å². The Kier molecular flexibility index (Phi) is 3.81. The first-order valence-corrected chi connectivity index (χ1v) is 9.39. The number of allylic oxidation sites excluding steroid dienone is 2. The first-order chi connectivity index (χ1) is 9.31. The molecule has 114 valence electrons. The van der Waals surface area contributed by atoms with Crippen molar-refractivity contribution in [1.82, 2.24) is 0 Å². The summed E-state index contributed by atoms with van der Waals surface area (Å²) in [6, 6.07) is 0. The summed E-state index contributed by atoms with van der Waals surface area (Å²) in [4.78, 5) is 0. The Morgan fingerprint density at radius 1 is 1.25 bits per heavy atom. The summed E-state index contributed by atoms with van der Waals surface area (Å²) in [6.07, 6.45) is 11.7. The highest BCUT2D eigenvalue weighted by Gasteiger charge is 2.54. The van der Waals surface area contributed by atoms with E-state index in [4.69, 9.17) is 0 Å². The van der Waals surface area contributed by atoms with Gasteiger partial charge in [-0.25, -0.2) is 0 Å². The summed E-state index contributed by atoms with van der Waals surface area (Å²) in [5, 5.41) is 9.96. The van der Waals surface area contributed by atoms with Crippen molar-refractivity contribution in [2.45, 2.75) is 69.1 Å². The molecule has 0 radical (unpaired) electrons. The molecule has 3 aliphatic rings. The van der Waals surface area contributed by atoms with Crippen LogP contribution < -0.4 is 0 Å². The fourth-order valence-corrected chi connectivity index (χ4v) is 6.45. The molecular formula is C18H29IO. The Hall–Kier alpha value is 0.430. The van der Waals surface area contributed by atoms with Crippen LogP contribution in [0.1, 0.15) is 65.7 Å². The number of rotatable bonds is 1. The molecule has 0 amide bonds. The van der Waals surface area contributed by atoms with Gasteiger partial charge < -0.3 is 5.11 Å². The lowest BCUT2D eigenvalue weighted by Gasteiger charge is -2.58. The number of aliphatic hydroxyl groups excluding tert-OH is 1. The molecule has 0 bridgehead atoms. The zero-order chi connectivity index (χ0) is 14.6. The lowest BCUT2D eigenvalue weighted by molar-refractivity contribution is -0.0538. The molecule has 2 heteroatoms. The zero-order valence-electron chi connectivity index (χ0n) is 13.2. The largest absolute Gasteiger partial charge is 0.396 e. The summed E-state index contributed by atoms with van der Waals surface area (Å²) in [6.45, 7) is 7.63. The van der Waals surface area contributed by atoms with E-state index in [-0.39, 0.29) is 5.41 Å². The molecule has 5 atom stereocenters. The van der Waals surface area contributed by atoms with Crippen LogP contribution in [0.25, 0.3) is 0 Å². The van der Waals surface area contributed by atoms with Crippen molar-refractivity contribution < 1.29 is 5.11 Å². The highest BCUT2D eigenvalue weighted by molar-refractivity contribution is 14.1. The van der Waals surface area contributed by atoms with Crippen molar-refractivity contribution in [3.63, 3.8) is 0 Å². The van der Waals surface area contributed by atoms with E-state index in [0.29, 0.717) is 21.4 Å². The van der Waals surface area contributed by atoms with Crippen molar-refractivity contribution in [1.29, 1.82) is 0 Å². The molecule has 2 saturated carbocycles. The van der Waals surface area contributed by atoms with Gasteiger partial charge in [0, 0.05) is 10.0 Å². The second-order valence-corrected chi connectivity index (χ2v) is 11.0. The van der Waals surface area contributed by atoms with E-state index >= 15 is 0 Å². The number of fused-ring (bicyclic) bond motifs is 3. The Labute approximate surface area is 137 Å². The Morgan fingerprint density at radius 2 is 2.00 bits per heavy atom. The van der Waals surface area contributed by atoms with Crippen LogP contribution in [0, 0.1) is 22.7 Å². The standard InChI is InChI=1S/C18H29IO/c1-16(12-20)8-4-9-18(3)14-7-10-17(2,19)11-13(14)5-6-15(16)18/h7,13,15,20H,4-6,8-12H2,1-3H3/t13?,15?,16-,17-,18-/m0/s1. The SMILES string of the molecule is C[C@]1(I)CC=C2C(CCC3[C@](C)(CO)CCC[C@@]23C)C1. The lowest BCUT2D eigenvalue weighted by Crippen LogP contribution is -2.51. The van der Waals surface area contributed by atoms with Gasteiger partial charge in [-0.05, 0) is 61.2 Å². The molecule has 2 unspecified atom stereocenters. The quantitative estimate of drug-likeness (QED) is 0.376. The number of hydrogen-bond acceptors (Lipinski definition) is 1. The van der Waals surface area contributed by atoms with Gasteiger partial charge in [0.2, 0.25) is 0 Å². The molecule has 0 aliphatic heterocycles. The van der Waals surface area contributed by atoms with Crippen LogP contribution in [0.4, 0.5) is 0 Å². The van der Waals surface area contributed by atoms with Crippen LogP contribution >= 0.6 is 22.6 Å².